The maximum Gasteiger partial charge on any atom is 0.249 e. The highest BCUT2D eigenvalue weighted by molar-refractivity contribution is 7.79. The zero-order valence-corrected chi connectivity index (χ0v) is 26.8. The Hall–Kier alpha value is 0.230. The fraction of sp³-hybridized carbons (Fsp3) is 0.818. The molecule has 0 aliphatic carbocycles. The van der Waals surface area contributed by atoms with Crippen molar-refractivity contribution in [2.24, 2.45) is 0 Å². The first kappa shape index (κ1) is 34.3. The maximum atomic E-state index is 7.09. The van der Waals surface area contributed by atoms with E-state index >= 15 is 0 Å². The molecule has 0 nitrogen and oxygen atoms in total. The van der Waals surface area contributed by atoms with E-state index < -0.39 is 11.3 Å². The third kappa shape index (κ3) is 13.9. The molecule has 0 aliphatic rings. The Labute approximate surface area is 237 Å². The minimum atomic E-state index is -1.45. The molecule has 36 heavy (non-hydrogen) atoms. The van der Waals surface area contributed by atoms with Crippen molar-refractivity contribution in [1.82, 2.24) is 0 Å². The predicted molar refractivity (Wildman–Crippen MR) is 171 cm³/mol. The summed E-state index contributed by atoms with van der Waals surface area (Å²) in [6.45, 7) is 6.90. The zero-order chi connectivity index (χ0) is 26.4. The molecule has 1 aromatic rings. The summed E-state index contributed by atoms with van der Waals surface area (Å²) in [5.74, 6) is 0. The van der Waals surface area contributed by atoms with Crippen LogP contribution in [0, 0.1) is 0 Å². The molecule has 0 saturated carbocycles. The van der Waals surface area contributed by atoms with Crippen LogP contribution in [0.15, 0.2) is 30.3 Å². The van der Waals surface area contributed by atoms with Crippen LogP contribution < -0.4 is 0 Å². The summed E-state index contributed by atoms with van der Waals surface area (Å²) in [5.41, 5.74) is 1.10. The van der Waals surface area contributed by atoms with E-state index in [1.54, 1.807) is 0 Å². The van der Waals surface area contributed by atoms with Crippen molar-refractivity contribution >= 4 is 30.5 Å². The Kier molecular flexibility index (Phi) is 21.0. The van der Waals surface area contributed by atoms with E-state index in [2.05, 4.69) is 45.0 Å². The molecule has 0 aromatic heterocycles. The van der Waals surface area contributed by atoms with E-state index in [1.165, 1.54) is 135 Å². The van der Waals surface area contributed by atoms with Crippen molar-refractivity contribution in [3.63, 3.8) is 0 Å². The molecule has 0 aliphatic heterocycles. The molecule has 0 atom stereocenters. The second kappa shape index (κ2) is 22.1. The Morgan fingerprint density at radius 3 is 1.17 bits per heavy atom. The fourth-order valence-electron chi connectivity index (χ4n) is 5.66. The minimum Gasteiger partial charge on any atom is -0.0654 e. The SMILES string of the molecule is CCCCCCCCCCCCCCCCCCCCCC[P+](CC)(CC)C(Cl)(Cl)c1ccccc1. The van der Waals surface area contributed by atoms with Crippen LogP contribution in [0.25, 0.3) is 0 Å². The monoisotopic (exact) mass is 557 g/mol. The van der Waals surface area contributed by atoms with Gasteiger partial charge in [-0.1, -0.05) is 176 Å². The number of benzene rings is 1. The number of hydrogen-bond acceptors (Lipinski definition) is 0. The Bertz CT molecular complexity index is 597. The van der Waals surface area contributed by atoms with E-state index in [4.69, 9.17) is 23.2 Å². The lowest BCUT2D eigenvalue weighted by molar-refractivity contribution is 0.523. The Morgan fingerprint density at radius 1 is 0.500 bits per heavy atom. The standard InChI is InChI=1S/C33H60Cl2P/c1-4-7-8-9-10-11-12-13-14-15-16-17-18-19-20-21-22-23-24-28-31-36(5-2,6-3)33(34,35)32-29-26-25-27-30-32/h25-27,29-30H,4-24,28,31H2,1-3H3/q+1. The molecule has 210 valence electrons. The normalized spacial score (nSPS) is 12.4. The second-order valence-electron chi connectivity index (χ2n) is 11.1. The van der Waals surface area contributed by atoms with Gasteiger partial charge in [0.25, 0.3) is 0 Å². The summed E-state index contributed by atoms with van der Waals surface area (Å²) >= 11 is 14.2. The third-order valence-electron chi connectivity index (χ3n) is 8.37. The van der Waals surface area contributed by atoms with E-state index in [0.29, 0.717) is 0 Å². The molecule has 0 bridgehead atoms. The van der Waals surface area contributed by atoms with Gasteiger partial charge in [0.2, 0.25) is 4.07 Å². The predicted octanol–water partition coefficient (Wildman–Crippen LogP) is 13.2. The van der Waals surface area contributed by atoms with Crippen LogP contribution in [0.5, 0.6) is 0 Å². The Balaban J connectivity index is 1.99. The molecule has 3 heteroatoms. The van der Waals surface area contributed by atoms with E-state index in [0.717, 1.165) is 17.9 Å². The highest BCUT2D eigenvalue weighted by atomic mass is 35.5. The van der Waals surface area contributed by atoms with Gasteiger partial charge in [-0.05, 0) is 26.7 Å². The van der Waals surface area contributed by atoms with Crippen LogP contribution in [0.3, 0.4) is 0 Å². The first-order valence-corrected chi connectivity index (χ1v) is 18.9. The van der Waals surface area contributed by atoms with Crippen molar-refractivity contribution in [2.45, 2.75) is 153 Å². The lowest BCUT2D eigenvalue weighted by atomic mass is 10.0. The van der Waals surface area contributed by atoms with Gasteiger partial charge in [0, 0.05) is 5.56 Å². The molecule has 0 unspecified atom stereocenters. The average molecular weight is 559 g/mol. The molecule has 0 saturated heterocycles. The van der Waals surface area contributed by atoms with E-state index in [9.17, 15) is 0 Å². The van der Waals surface area contributed by atoms with Crippen LogP contribution >= 0.6 is 30.5 Å². The summed E-state index contributed by atoms with van der Waals surface area (Å²) in [6.07, 6.45) is 32.0. The summed E-state index contributed by atoms with van der Waals surface area (Å²) in [4.78, 5) is 0. The van der Waals surface area contributed by atoms with Crippen molar-refractivity contribution in [1.29, 1.82) is 0 Å². The maximum absolute atomic E-state index is 7.09. The van der Waals surface area contributed by atoms with Crippen LogP contribution in [-0.2, 0) is 4.07 Å². The molecule has 0 spiro atoms. The summed E-state index contributed by atoms with van der Waals surface area (Å²) in [5, 5.41) is 0. The highest BCUT2D eigenvalue weighted by Crippen LogP contribution is 2.76. The minimum absolute atomic E-state index is 0.703. The number of alkyl halides is 2. The molecule has 0 N–H and O–H groups in total. The van der Waals surface area contributed by atoms with Crippen LogP contribution in [0.4, 0.5) is 0 Å². The number of rotatable bonds is 25. The molecule has 0 amide bonds. The number of halogens is 2. The quantitative estimate of drug-likeness (QED) is 0.0636. The topological polar surface area (TPSA) is 0 Å². The smallest absolute Gasteiger partial charge is 0.0654 e. The average Bonchev–Trinajstić information content (AvgIpc) is 2.90. The van der Waals surface area contributed by atoms with Crippen molar-refractivity contribution in [3.05, 3.63) is 35.9 Å². The van der Waals surface area contributed by atoms with Crippen LogP contribution in [0.1, 0.15) is 155 Å². The molecule has 1 aromatic carbocycles. The van der Waals surface area contributed by atoms with Gasteiger partial charge in [-0.15, -0.1) is 0 Å². The lowest BCUT2D eigenvalue weighted by Gasteiger charge is -2.36. The van der Waals surface area contributed by atoms with E-state index in [-0.39, 0.29) is 0 Å². The van der Waals surface area contributed by atoms with Crippen molar-refractivity contribution in [2.75, 3.05) is 18.5 Å². The van der Waals surface area contributed by atoms with Gasteiger partial charge < -0.3 is 0 Å². The molecular weight excluding hydrogens is 498 g/mol. The van der Waals surface area contributed by atoms with Crippen LogP contribution in [0.2, 0.25) is 0 Å². The molecule has 1 rings (SSSR count). The van der Waals surface area contributed by atoms with Crippen molar-refractivity contribution in [3.8, 4) is 0 Å². The van der Waals surface area contributed by atoms with Gasteiger partial charge in [0.15, 0.2) is 0 Å². The highest BCUT2D eigenvalue weighted by Gasteiger charge is 2.54. The van der Waals surface area contributed by atoms with Crippen LogP contribution in [-0.4, -0.2) is 18.5 Å². The summed E-state index contributed by atoms with van der Waals surface area (Å²) in [7, 11) is -1.45. The van der Waals surface area contributed by atoms with Gasteiger partial charge in [0.1, 0.15) is 0 Å². The largest absolute Gasteiger partial charge is 0.249 e. The first-order valence-electron chi connectivity index (χ1n) is 15.8. The fourth-order valence-corrected chi connectivity index (χ4v) is 11.5. The molecular formula is C33H60Cl2P+. The first-order chi connectivity index (χ1) is 17.5. The van der Waals surface area contributed by atoms with Gasteiger partial charge in [-0.2, -0.15) is 0 Å². The summed E-state index contributed by atoms with van der Waals surface area (Å²) < 4.78 is -0.703. The number of hydrogen-bond donors (Lipinski definition) is 0. The van der Waals surface area contributed by atoms with Gasteiger partial charge >= 0.3 is 0 Å². The number of unbranched alkanes of at least 4 members (excludes halogenated alkanes) is 19. The van der Waals surface area contributed by atoms with Gasteiger partial charge in [0.05, 0.1) is 25.7 Å². The molecule has 0 fully saturated rings. The summed E-state index contributed by atoms with van der Waals surface area (Å²) in [6, 6.07) is 10.4. The third-order valence-corrected chi connectivity index (χ3v) is 16.0. The molecule has 0 heterocycles. The zero-order valence-electron chi connectivity index (χ0n) is 24.4. The molecule has 0 radical (unpaired) electrons. The second-order valence-corrected chi connectivity index (χ2v) is 17.7. The Morgan fingerprint density at radius 2 is 0.833 bits per heavy atom. The van der Waals surface area contributed by atoms with Crippen molar-refractivity contribution < 1.29 is 0 Å². The van der Waals surface area contributed by atoms with Gasteiger partial charge in [-0.3, -0.25) is 0 Å². The van der Waals surface area contributed by atoms with E-state index in [1.807, 2.05) is 6.07 Å². The lowest BCUT2D eigenvalue weighted by Crippen LogP contribution is -2.23. The van der Waals surface area contributed by atoms with Gasteiger partial charge in [-0.25, -0.2) is 0 Å².